The summed E-state index contributed by atoms with van der Waals surface area (Å²) in [5, 5.41) is 0. The molecular formula is C15H20N2O2. The SMILES string of the molecule is CCOC(=O)c1cnc(C2CC3CCC2C3)nc1C. The lowest BCUT2D eigenvalue weighted by Crippen LogP contribution is -2.15. The number of aromatic nitrogens is 2. The number of carbonyl (C=O) groups excluding carboxylic acids is 1. The first-order valence-corrected chi connectivity index (χ1v) is 7.19. The molecule has 0 saturated heterocycles. The minimum atomic E-state index is -0.320. The van der Waals surface area contributed by atoms with Gasteiger partial charge in [0.1, 0.15) is 5.82 Å². The lowest BCUT2D eigenvalue weighted by atomic mass is 9.88. The number of hydrogen-bond donors (Lipinski definition) is 0. The van der Waals surface area contributed by atoms with Crippen LogP contribution >= 0.6 is 0 Å². The minimum Gasteiger partial charge on any atom is -0.462 e. The molecule has 102 valence electrons. The fraction of sp³-hybridized carbons (Fsp3) is 0.667. The van der Waals surface area contributed by atoms with Crippen molar-refractivity contribution in [1.29, 1.82) is 0 Å². The van der Waals surface area contributed by atoms with Crippen LogP contribution in [0, 0.1) is 18.8 Å². The molecule has 4 heteroatoms. The summed E-state index contributed by atoms with van der Waals surface area (Å²) in [7, 11) is 0. The van der Waals surface area contributed by atoms with Gasteiger partial charge in [0.15, 0.2) is 0 Å². The third kappa shape index (κ3) is 2.24. The monoisotopic (exact) mass is 260 g/mol. The minimum absolute atomic E-state index is 0.320. The molecular weight excluding hydrogens is 240 g/mol. The summed E-state index contributed by atoms with van der Waals surface area (Å²) in [4.78, 5) is 20.7. The topological polar surface area (TPSA) is 52.1 Å². The van der Waals surface area contributed by atoms with Crippen molar-refractivity contribution in [3.05, 3.63) is 23.3 Å². The van der Waals surface area contributed by atoms with Gasteiger partial charge in [0, 0.05) is 12.1 Å². The predicted molar refractivity (Wildman–Crippen MR) is 70.9 cm³/mol. The van der Waals surface area contributed by atoms with Gasteiger partial charge in [-0.2, -0.15) is 0 Å². The average molecular weight is 260 g/mol. The molecule has 19 heavy (non-hydrogen) atoms. The highest BCUT2D eigenvalue weighted by Crippen LogP contribution is 2.52. The van der Waals surface area contributed by atoms with E-state index in [1.165, 1.54) is 25.7 Å². The Morgan fingerprint density at radius 3 is 2.84 bits per heavy atom. The second-order valence-corrected chi connectivity index (χ2v) is 5.73. The molecule has 2 fully saturated rings. The molecule has 4 nitrogen and oxygen atoms in total. The smallest absolute Gasteiger partial charge is 0.341 e. The zero-order valence-corrected chi connectivity index (χ0v) is 11.6. The van der Waals surface area contributed by atoms with Crippen molar-refractivity contribution >= 4 is 5.97 Å². The van der Waals surface area contributed by atoms with Crippen LogP contribution in [0.3, 0.4) is 0 Å². The number of fused-ring (bicyclic) bond motifs is 2. The van der Waals surface area contributed by atoms with Crippen LogP contribution in [0.1, 0.15) is 60.4 Å². The van der Waals surface area contributed by atoms with Gasteiger partial charge < -0.3 is 4.74 Å². The van der Waals surface area contributed by atoms with Gasteiger partial charge >= 0.3 is 5.97 Å². The number of rotatable bonds is 3. The van der Waals surface area contributed by atoms with Crippen LogP contribution < -0.4 is 0 Å². The van der Waals surface area contributed by atoms with Crippen molar-refractivity contribution in [3.63, 3.8) is 0 Å². The average Bonchev–Trinajstić information content (AvgIpc) is 3.01. The molecule has 2 aliphatic carbocycles. The van der Waals surface area contributed by atoms with E-state index in [0.29, 0.717) is 18.1 Å². The summed E-state index contributed by atoms with van der Waals surface area (Å²) in [6.45, 7) is 4.05. The molecule has 0 aliphatic heterocycles. The van der Waals surface area contributed by atoms with Crippen molar-refractivity contribution in [3.8, 4) is 0 Å². The normalized spacial score (nSPS) is 28.6. The summed E-state index contributed by atoms with van der Waals surface area (Å²) in [6, 6.07) is 0. The van der Waals surface area contributed by atoms with Gasteiger partial charge in [-0.1, -0.05) is 6.42 Å². The third-order valence-corrected chi connectivity index (χ3v) is 4.56. The van der Waals surface area contributed by atoms with Crippen LogP contribution in [0.5, 0.6) is 0 Å². The number of nitrogens with zero attached hydrogens (tertiary/aromatic N) is 2. The third-order valence-electron chi connectivity index (χ3n) is 4.56. The lowest BCUT2D eigenvalue weighted by molar-refractivity contribution is 0.0524. The van der Waals surface area contributed by atoms with Crippen molar-refractivity contribution in [2.75, 3.05) is 6.61 Å². The molecule has 2 saturated carbocycles. The van der Waals surface area contributed by atoms with E-state index in [0.717, 1.165) is 23.4 Å². The van der Waals surface area contributed by atoms with Gasteiger partial charge in [0.2, 0.25) is 0 Å². The summed E-state index contributed by atoms with van der Waals surface area (Å²) in [5.41, 5.74) is 1.24. The van der Waals surface area contributed by atoms with Crippen LogP contribution in [0.15, 0.2) is 6.20 Å². The second-order valence-electron chi connectivity index (χ2n) is 5.73. The van der Waals surface area contributed by atoms with Crippen molar-refractivity contribution in [2.45, 2.75) is 45.4 Å². The number of carbonyl (C=O) groups is 1. The molecule has 1 aromatic heterocycles. The Bertz CT molecular complexity index is 501. The quantitative estimate of drug-likeness (QED) is 0.784. The van der Waals surface area contributed by atoms with E-state index in [4.69, 9.17) is 4.74 Å². The Hall–Kier alpha value is -1.45. The molecule has 0 spiro atoms. The Morgan fingerprint density at radius 2 is 2.26 bits per heavy atom. The van der Waals surface area contributed by atoms with Crippen LogP contribution in [0.4, 0.5) is 0 Å². The maximum absolute atomic E-state index is 11.7. The van der Waals surface area contributed by atoms with Crippen LogP contribution in [0.25, 0.3) is 0 Å². The number of esters is 1. The summed E-state index contributed by atoms with van der Waals surface area (Å²) in [5.74, 6) is 2.76. The molecule has 0 aromatic carbocycles. The van der Waals surface area contributed by atoms with E-state index in [1.807, 2.05) is 6.92 Å². The van der Waals surface area contributed by atoms with Crippen LogP contribution in [-0.4, -0.2) is 22.5 Å². The first kappa shape index (κ1) is 12.6. The Morgan fingerprint density at radius 1 is 1.42 bits per heavy atom. The first-order valence-electron chi connectivity index (χ1n) is 7.19. The molecule has 2 aliphatic rings. The molecule has 3 unspecified atom stereocenters. The molecule has 1 aromatic rings. The number of ether oxygens (including phenoxy) is 1. The van der Waals surface area contributed by atoms with Gasteiger partial charge in [0.05, 0.1) is 17.9 Å². The highest BCUT2D eigenvalue weighted by atomic mass is 16.5. The van der Waals surface area contributed by atoms with Crippen molar-refractivity contribution in [1.82, 2.24) is 9.97 Å². The molecule has 3 rings (SSSR count). The highest BCUT2D eigenvalue weighted by molar-refractivity contribution is 5.90. The van der Waals surface area contributed by atoms with Gasteiger partial charge in [0.25, 0.3) is 0 Å². The van der Waals surface area contributed by atoms with Gasteiger partial charge in [-0.25, -0.2) is 14.8 Å². The van der Waals surface area contributed by atoms with Gasteiger partial charge in [-0.05, 0) is 44.9 Å². The Kier molecular flexibility index (Phi) is 3.25. The first-order chi connectivity index (χ1) is 9.19. The van der Waals surface area contributed by atoms with E-state index < -0.39 is 0 Å². The van der Waals surface area contributed by atoms with E-state index in [-0.39, 0.29) is 5.97 Å². The number of aryl methyl sites for hydroxylation is 1. The van der Waals surface area contributed by atoms with Crippen LogP contribution in [0.2, 0.25) is 0 Å². The molecule has 3 atom stereocenters. The molecule has 0 amide bonds. The largest absolute Gasteiger partial charge is 0.462 e. The molecule has 1 heterocycles. The lowest BCUT2D eigenvalue weighted by Gasteiger charge is -2.20. The van der Waals surface area contributed by atoms with Gasteiger partial charge in [-0.3, -0.25) is 0 Å². The number of hydrogen-bond acceptors (Lipinski definition) is 4. The zero-order chi connectivity index (χ0) is 13.4. The summed E-state index contributed by atoms with van der Waals surface area (Å²) >= 11 is 0. The van der Waals surface area contributed by atoms with Crippen LogP contribution in [-0.2, 0) is 4.74 Å². The Labute approximate surface area is 113 Å². The molecule has 2 bridgehead atoms. The Balaban J connectivity index is 1.81. The van der Waals surface area contributed by atoms with E-state index in [1.54, 1.807) is 13.1 Å². The van der Waals surface area contributed by atoms with Crippen molar-refractivity contribution in [2.24, 2.45) is 11.8 Å². The van der Waals surface area contributed by atoms with E-state index in [9.17, 15) is 4.79 Å². The van der Waals surface area contributed by atoms with E-state index >= 15 is 0 Å². The summed E-state index contributed by atoms with van der Waals surface area (Å²) < 4.78 is 5.00. The summed E-state index contributed by atoms with van der Waals surface area (Å²) in [6.07, 6.45) is 6.90. The highest BCUT2D eigenvalue weighted by Gasteiger charge is 2.41. The van der Waals surface area contributed by atoms with E-state index in [2.05, 4.69) is 9.97 Å². The second kappa shape index (κ2) is 4.91. The maximum atomic E-state index is 11.7. The standard InChI is InChI=1S/C15H20N2O2/c1-3-19-15(18)13-8-16-14(17-9(13)2)12-7-10-4-5-11(12)6-10/h8,10-12H,3-7H2,1-2H3. The maximum Gasteiger partial charge on any atom is 0.341 e. The zero-order valence-electron chi connectivity index (χ0n) is 11.6. The molecule has 0 radical (unpaired) electrons. The fourth-order valence-corrected chi connectivity index (χ4v) is 3.63. The fourth-order valence-electron chi connectivity index (χ4n) is 3.63. The van der Waals surface area contributed by atoms with Crippen molar-refractivity contribution < 1.29 is 9.53 Å². The molecule has 0 N–H and O–H groups in total. The predicted octanol–water partition coefficient (Wildman–Crippen LogP) is 2.87. The van der Waals surface area contributed by atoms with Gasteiger partial charge in [-0.15, -0.1) is 0 Å².